The lowest BCUT2D eigenvalue weighted by Crippen LogP contribution is -2.34. The van der Waals surface area contributed by atoms with Gasteiger partial charge in [0.2, 0.25) is 0 Å². The molecule has 0 aliphatic carbocycles. The van der Waals surface area contributed by atoms with Gasteiger partial charge >= 0.3 is 0 Å². The summed E-state index contributed by atoms with van der Waals surface area (Å²) in [6, 6.07) is 0. The number of piperidine rings is 1. The second-order valence-corrected chi connectivity index (χ2v) is 8.44. The lowest BCUT2D eigenvalue weighted by molar-refractivity contribution is -0.130. The van der Waals surface area contributed by atoms with Gasteiger partial charge in [-0.05, 0) is 51.5 Å². The quantitative estimate of drug-likeness (QED) is 0.785. The molecule has 146 valence electrons. The van der Waals surface area contributed by atoms with Crippen molar-refractivity contribution in [2.75, 3.05) is 31.6 Å². The van der Waals surface area contributed by atoms with Gasteiger partial charge in [0.15, 0.2) is 5.13 Å². The number of nitrogens with one attached hydrogen (secondary N) is 1. The first kappa shape index (κ1) is 19.7. The van der Waals surface area contributed by atoms with Crippen LogP contribution >= 0.6 is 11.3 Å². The largest absolute Gasteiger partial charge is 0.376 e. The molecule has 3 heterocycles. The lowest BCUT2D eigenvalue weighted by atomic mass is 10.0. The van der Waals surface area contributed by atoms with E-state index in [9.17, 15) is 4.79 Å². The number of anilines is 1. The van der Waals surface area contributed by atoms with Crippen LogP contribution in [0.2, 0.25) is 0 Å². The van der Waals surface area contributed by atoms with E-state index in [0.717, 1.165) is 50.7 Å². The van der Waals surface area contributed by atoms with Crippen molar-refractivity contribution in [3.63, 3.8) is 0 Å². The van der Waals surface area contributed by atoms with Gasteiger partial charge in [0.1, 0.15) is 6.10 Å². The summed E-state index contributed by atoms with van der Waals surface area (Å²) < 4.78 is 11.3. The Hall–Kier alpha value is -1.02. The van der Waals surface area contributed by atoms with Gasteiger partial charge in [-0.15, -0.1) is 11.3 Å². The molecule has 2 aliphatic heterocycles. The van der Waals surface area contributed by atoms with Crippen molar-refractivity contribution in [3.8, 4) is 0 Å². The molecule has 0 spiro atoms. The van der Waals surface area contributed by atoms with E-state index in [-0.39, 0.29) is 12.0 Å². The van der Waals surface area contributed by atoms with Crippen molar-refractivity contribution >= 4 is 22.4 Å². The number of carbonyl (C=O) groups excluding carboxylic acids is 1. The molecule has 2 aliphatic rings. The van der Waals surface area contributed by atoms with Gasteiger partial charge in [0, 0.05) is 25.1 Å². The molecule has 0 bridgehead atoms. The van der Waals surface area contributed by atoms with Crippen LogP contribution in [0.1, 0.15) is 51.6 Å². The molecule has 0 saturated carbocycles. The molecule has 0 radical (unpaired) electrons. The minimum Gasteiger partial charge on any atom is -0.376 e. The Morgan fingerprint density at radius 2 is 2.35 bits per heavy atom. The predicted octanol–water partition coefficient (Wildman–Crippen LogP) is 3.29. The smallest absolute Gasteiger partial charge is 0.254 e. The summed E-state index contributed by atoms with van der Waals surface area (Å²) in [6.07, 6.45) is 5.50. The monoisotopic (exact) mass is 381 g/mol. The number of hydrogen-bond donors (Lipinski definition) is 1. The summed E-state index contributed by atoms with van der Waals surface area (Å²) in [5.41, 5.74) is 1.03. The molecule has 26 heavy (non-hydrogen) atoms. The Morgan fingerprint density at radius 3 is 3.12 bits per heavy atom. The maximum atomic E-state index is 12.3. The molecule has 1 aromatic rings. The molecule has 3 atom stereocenters. The van der Waals surface area contributed by atoms with E-state index >= 15 is 0 Å². The molecular weight excluding hydrogens is 350 g/mol. The highest BCUT2D eigenvalue weighted by atomic mass is 32.1. The Balaban J connectivity index is 1.41. The van der Waals surface area contributed by atoms with Crippen LogP contribution in [-0.2, 0) is 20.8 Å². The zero-order valence-electron chi connectivity index (χ0n) is 15.9. The van der Waals surface area contributed by atoms with E-state index < -0.39 is 6.10 Å². The highest BCUT2D eigenvalue weighted by Gasteiger charge is 2.21. The minimum atomic E-state index is -0.504. The maximum Gasteiger partial charge on any atom is 0.254 e. The number of nitrogens with zero attached hydrogens (tertiary/aromatic N) is 2. The first-order valence-corrected chi connectivity index (χ1v) is 10.7. The van der Waals surface area contributed by atoms with Crippen LogP contribution in [0.5, 0.6) is 0 Å². The SMILES string of the molecule is CC1CCCN(Cc2csc(NC(=O)C(C)OCC3CCCCO3)n2)C1. The summed E-state index contributed by atoms with van der Waals surface area (Å²) in [4.78, 5) is 19.3. The zero-order chi connectivity index (χ0) is 18.4. The third kappa shape index (κ3) is 6.01. The van der Waals surface area contributed by atoms with Crippen LogP contribution in [0.4, 0.5) is 5.13 Å². The second-order valence-electron chi connectivity index (χ2n) is 7.58. The third-order valence-corrected chi connectivity index (χ3v) is 5.89. The number of amides is 1. The number of hydrogen-bond acceptors (Lipinski definition) is 6. The molecular formula is C19H31N3O3S. The fourth-order valence-electron chi connectivity index (χ4n) is 3.57. The molecule has 0 aromatic carbocycles. The highest BCUT2D eigenvalue weighted by Crippen LogP contribution is 2.21. The van der Waals surface area contributed by atoms with Crippen LogP contribution in [-0.4, -0.2) is 54.3 Å². The van der Waals surface area contributed by atoms with E-state index in [1.54, 1.807) is 6.92 Å². The summed E-state index contributed by atoms with van der Waals surface area (Å²) in [6.45, 7) is 8.49. The number of likely N-dealkylation sites (tertiary alicyclic amines) is 1. The molecule has 2 fully saturated rings. The Bertz CT molecular complexity index is 574. The topological polar surface area (TPSA) is 63.7 Å². The second kappa shape index (κ2) is 9.78. The van der Waals surface area contributed by atoms with E-state index in [0.29, 0.717) is 11.7 Å². The Kier molecular flexibility index (Phi) is 7.42. The van der Waals surface area contributed by atoms with Crippen molar-refractivity contribution in [1.29, 1.82) is 0 Å². The van der Waals surface area contributed by atoms with Gasteiger partial charge in [-0.2, -0.15) is 0 Å². The summed E-state index contributed by atoms with van der Waals surface area (Å²) >= 11 is 1.48. The number of rotatable bonds is 7. The molecule has 1 amide bonds. The highest BCUT2D eigenvalue weighted by molar-refractivity contribution is 7.13. The van der Waals surface area contributed by atoms with Crippen LogP contribution in [0, 0.1) is 5.92 Å². The van der Waals surface area contributed by atoms with E-state index in [2.05, 4.69) is 22.1 Å². The molecule has 7 heteroatoms. The number of aromatic nitrogens is 1. The summed E-state index contributed by atoms with van der Waals surface area (Å²) in [5, 5.41) is 5.57. The van der Waals surface area contributed by atoms with E-state index in [1.165, 1.54) is 30.6 Å². The van der Waals surface area contributed by atoms with Crippen LogP contribution in [0.3, 0.4) is 0 Å². The van der Waals surface area contributed by atoms with Gasteiger partial charge in [-0.3, -0.25) is 15.0 Å². The van der Waals surface area contributed by atoms with E-state index in [1.807, 2.05) is 5.38 Å². The molecule has 3 rings (SSSR count). The van der Waals surface area contributed by atoms with Crippen LogP contribution < -0.4 is 5.32 Å². The zero-order valence-corrected chi connectivity index (χ0v) is 16.7. The van der Waals surface area contributed by atoms with Crippen LogP contribution in [0.25, 0.3) is 0 Å². The lowest BCUT2D eigenvalue weighted by Gasteiger charge is -2.30. The van der Waals surface area contributed by atoms with Gasteiger partial charge in [-0.25, -0.2) is 4.98 Å². The predicted molar refractivity (Wildman–Crippen MR) is 103 cm³/mol. The average molecular weight is 382 g/mol. The fourth-order valence-corrected chi connectivity index (χ4v) is 4.27. The van der Waals surface area contributed by atoms with Crippen LogP contribution in [0.15, 0.2) is 5.38 Å². The van der Waals surface area contributed by atoms with Gasteiger partial charge in [-0.1, -0.05) is 6.92 Å². The number of ether oxygens (including phenoxy) is 2. The third-order valence-electron chi connectivity index (χ3n) is 5.08. The van der Waals surface area contributed by atoms with Gasteiger partial charge in [0.25, 0.3) is 5.91 Å². The van der Waals surface area contributed by atoms with Crippen molar-refractivity contribution in [2.24, 2.45) is 5.92 Å². The van der Waals surface area contributed by atoms with Crippen molar-refractivity contribution in [1.82, 2.24) is 9.88 Å². The fraction of sp³-hybridized carbons (Fsp3) is 0.789. The van der Waals surface area contributed by atoms with Gasteiger partial charge < -0.3 is 9.47 Å². The van der Waals surface area contributed by atoms with Gasteiger partial charge in [0.05, 0.1) is 18.4 Å². The summed E-state index contributed by atoms with van der Waals surface area (Å²) in [5.74, 6) is 0.612. The molecule has 3 unspecified atom stereocenters. The van der Waals surface area contributed by atoms with E-state index in [4.69, 9.17) is 9.47 Å². The van der Waals surface area contributed by atoms with Crippen molar-refractivity contribution in [2.45, 2.75) is 64.7 Å². The molecule has 6 nitrogen and oxygen atoms in total. The Morgan fingerprint density at radius 1 is 1.46 bits per heavy atom. The van der Waals surface area contributed by atoms with Crippen molar-refractivity contribution in [3.05, 3.63) is 11.1 Å². The number of carbonyl (C=O) groups is 1. The standard InChI is InChI=1S/C19H31N3O3S/c1-14-6-5-8-22(10-14)11-16-13-26-19(20-16)21-18(23)15(2)25-12-17-7-3-4-9-24-17/h13-15,17H,3-12H2,1-2H3,(H,20,21,23). The van der Waals surface area contributed by atoms with Crippen molar-refractivity contribution < 1.29 is 14.3 Å². The average Bonchev–Trinajstić information content (AvgIpc) is 3.07. The molecule has 1 aromatic heterocycles. The normalized spacial score (nSPS) is 25.8. The first-order valence-electron chi connectivity index (χ1n) is 9.81. The summed E-state index contributed by atoms with van der Waals surface area (Å²) in [7, 11) is 0. The maximum absolute atomic E-state index is 12.3. The number of thiazole rings is 1. The first-order chi connectivity index (χ1) is 12.6. The Labute approximate surface area is 160 Å². The minimum absolute atomic E-state index is 0.123. The molecule has 2 saturated heterocycles. The molecule has 1 N–H and O–H groups in total.